The second kappa shape index (κ2) is 6.56. The molecule has 0 unspecified atom stereocenters. The summed E-state index contributed by atoms with van der Waals surface area (Å²) in [7, 11) is 2.89. The third kappa shape index (κ3) is 3.34. The van der Waals surface area contributed by atoms with E-state index in [2.05, 4.69) is 4.98 Å². The Bertz CT molecular complexity index is 393. The number of methoxy groups -OCH3 is 2. The number of halogens is 1. The normalized spacial score (nSPS) is 12.3. The molecule has 0 fully saturated rings. The fraction of sp³-hybridized carbons (Fsp3) is 0.500. The van der Waals surface area contributed by atoms with E-state index in [0.29, 0.717) is 5.88 Å². The van der Waals surface area contributed by atoms with Crippen molar-refractivity contribution in [2.24, 2.45) is 11.1 Å². The molecule has 1 rings (SSSR count). The van der Waals surface area contributed by atoms with Crippen molar-refractivity contribution in [3.63, 3.8) is 0 Å². The highest BCUT2D eigenvalue weighted by Gasteiger charge is 2.36. The summed E-state index contributed by atoms with van der Waals surface area (Å²) in [6, 6.07) is 3.03. The van der Waals surface area contributed by atoms with E-state index in [-0.39, 0.29) is 18.4 Å². The molecule has 1 heterocycles. The first-order chi connectivity index (χ1) is 7.93. The van der Waals surface area contributed by atoms with Gasteiger partial charge in [0.2, 0.25) is 5.88 Å². The fourth-order valence-electron chi connectivity index (χ4n) is 1.50. The van der Waals surface area contributed by atoms with Gasteiger partial charge in [0.25, 0.3) is 0 Å². The Morgan fingerprint density at radius 1 is 1.39 bits per heavy atom. The van der Waals surface area contributed by atoms with Crippen LogP contribution in [0.1, 0.15) is 25.5 Å². The fourth-order valence-corrected chi connectivity index (χ4v) is 1.50. The van der Waals surface area contributed by atoms with Gasteiger partial charge in [-0.05, 0) is 19.4 Å². The maximum Gasteiger partial charge on any atom is 0.313 e. The number of carbonyl (C=O) groups excluding carboxylic acids is 1. The zero-order valence-electron chi connectivity index (χ0n) is 11.0. The van der Waals surface area contributed by atoms with Gasteiger partial charge in [-0.25, -0.2) is 4.98 Å². The quantitative estimate of drug-likeness (QED) is 0.846. The highest BCUT2D eigenvalue weighted by molar-refractivity contribution is 5.85. The Morgan fingerprint density at radius 3 is 2.39 bits per heavy atom. The van der Waals surface area contributed by atoms with E-state index < -0.39 is 11.5 Å². The van der Waals surface area contributed by atoms with Crippen molar-refractivity contribution in [3.8, 4) is 5.88 Å². The molecule has 0 aliphatic rings. The molecule has 18 heavy (non-hydrogen) atoms. The SMILES string of the molecule is COC(=O)C(C)(C)[C@H](N)c1ccc(OC)nc1.Cl. The minimum atomic E-state index is -0.801. The Morgan fingerprint density at radius 2 is 2.00 bits per heavy atom. The maximum absolute atomic E-state index is 11.6. The van der Waals surface area contributed by atoms with Crippen LogP contribution >= 0.6 is 12.4 Å². The number of aromatic nitrogens is 1. The third-order valence-corrected chi connectivity index (χ3v) is 2.82. The van der Waals surface area contributed by atoms with Gasteiger partial charge in [-0.3, -0.25) is 4.79 Å². The van der Waals surface area contributed by atoms with Crippen molar-refractivity contribution in [1.29, 1.82) is 0 Å². The van der Waals surface area contributed by atoms with Crippen molar-refractivity contribution in [2.75, 3.05) is 14.2 Å². The number of nitrogens with zero attached hydrogens (tertiary/aromatic N) is 1. The summed E-state index contributed by atoms with van der Waals surface area (Å²) >= 11 is 0. The number of esters is 1. The predicted molar refractivity (Wildman–Crippen MR) is 70.8 cm³/mol. The van der Waals surface area contributed by atoms with Gasteiger partial charge in [-0.2, -0.15) is 0 Å². The highest BCUT2D eigenvalue weighted by atomic mass is 35.5. The van der Waals surface area contributed by atoms with Crippen molar-refractivity contribution in [3.05, 3.63) is 23.9 Å². The number of ether oxygens (including phenoxy) is 2. The van der Waals surface area contributed by atoms with E-state index in [0.717, 1.165) is 5.56 Å². The Labute approximate surface area is 113 Å². The number of hydrogen-bond acceptors (Lipinski definition) is 5. The highest BCUT2D eigenvalue weighted by Crippen LogP contribution is 2.32. The van der Waals surface area contributed by atoms with Crippen molar-refractivity contribution < 1.29 is 14.3 Å². The van der Waals surface area contributed by atoms with Gasteiger partial charge in [-0.15, -0.1) is 12.4 Å². The molecule has 0 bridgehead atoms. The molecule has 0 amide bonds. The topological polar surface area (TPSA) is 74.4 Å². The second-order valence-corrected chi connectivity index (χ2v) is 4.32. The lowest BCUT2D eigenvalue weighted by molar-refractivity contribution is -0.152. The summed E-state index contributed by atoms with van der Waals surface area (Å²) in [4.78, 5) is 15.7. The summed E-state index contributed by atoms with van der Waals surface area (Å²) < 4.78 is 9.70. The average Bonchev–Trinajstić information content (AvgIpc) is 2.36. The molecule has 0 aromatic carbocycles. The minimum absolute atomic E-state index is 0. The molecular weight excluding hydrogens is 256 g/mol. The lowest BCUT2D eigenvalue weighted by Crippen LogP contribution is -2.37. The van der Waals surface area contributed by atoms with Gasteiger partial charge in [0.05, 0.1) is 19.6 Å². The summed E-state index contributed by atoms with van der Waals surface area (Å²) in [6.45, 7) is 3.49. The first kappa shape index (κ1) is 16.7. The van der Waals surface area contributed by atoms with Crippen LogP contribution in [0.2, 0.25) is 0 Å². The minimum Gasteiger partial charge on any atom is -0.481 e. The molecule has 5 nitrogen and oxygen atoms in total. The van der Waals surface area contributed by atoms with Crippen LogP contribution in [0.25, 0.3) is 0 Å². The van der Waals surface area contributed by atoms with Crippen LogP contribution in [0.3, 0.4) is 0 Å². The zero-order valence-corrected chi connectivity index (χ0v) is 11.8. The van der Waals surface area contributed by atoms with Crippen LogP contribution in [-0.2, 0) is 9.53 Å². The summed E-state index contributed by atoms with van der Waals surface area (Å²) in [5, 5.41) is 0. The smallest absolute Gasteiger partial charge is 0.313 e. The van der Waals surface area contributed by atoms with E-state index in [1.54, 1.807) is 39.3 Å². The maximum atomic E-state index is 11.6. The number of rotatable bonds is 4. The molecule has 0 aliphatic heterocycles. The van der Waals surface area contributed by atoms with Crippen LogP contribution < -0.4 is 10.5 Å². The van der Waals surface area contributed by atoms with E-state index in [1.807, 2.05) is 0 Å². The number of pyridine rings is 1. The Balaban J connectivity index is 0.00000289. The van der Waals surface area contributed by atoms with Gasteiger partial charge < -0.3 is 15.2 Å². The van der Waals surface area contributed by atoms with E-state index in [1.165, 1.54) is 7.11 Å². The standard InChI is InChI=1S/C12H18N2O3.ClH/c1-12(2,11(15)17-4)10(13)8-5-6-9(16-3)14-7-8;/h5-7,10H,13H2,1-4H3;1H/t10-;/m1./s1. The molecule has 1 aromatic rings. The molecule has 0 spiro atoms. The molecule has 2 N–H and O–H groups in total. The lowest BCUT2D eigenvalue weighted by Gasteiger charge is -2.28. The predicted octanol–water partition coefficient (Wildman–Crippen LogP) is 1.71. The molecule has 0 aliphatic carbocycles. The molecular formula is C12H19ClN2O3. The Kier molecular flexibility index (Phi) is 6.08. The van der Waals surface area contributed by atoms with Crippen molar-refractivity contribution in [2.45, 2.75) is 19.9 Å². The molecule has 1 aromatic heterocycles. The average molecular weight is 275 g/mol. The monoisotopic (exact) mass is 274 g/mol. The van der Waals surface area contributed by atoms with Gasteiger partial charge in [-0.1, -0.05) is 6.07 Å². The van der Waals surface area contributed by atoms with Gasteiger partial charge in [0, 0.05) is 18.3 Å². The van der Waals surface area contributed by atoms with Crippen molar-refractivity contribution >= 4 is 18.4 Å². The third-order valence-electron chi connectivity index (χ3n) is 2.82. The van der Waals surface area contributed by atoms with E-state index in [4.69, 9.17) is 15.2 Å². The van der Waals surface area contributed by atoms with Crippen LogP contribution in [0.4, 0.5) is 0 Å². The number of carbonyl (C=O) groups is 1. The largest absolute Gasteiger partial charge is 0.481 e. The van der Waals surface area contributed by atoms with Gasteiger partial charge >= 0.3 is 5.97 Å². The molecule has 0 saturated heterocycles. The van der Waals surface area contributed by atoms with Gasteiger partial charge in [0.1, 0.15) is 0 Å². The van der Waals surface area contributed by atoms with Crippen molar-refractivity contribution in [1.82, 2.24) is 4.98 Å². The summed E-state index contributed by atoms with van der Waals surface area (Å²) in [5.74, 6) is 0.164. The summed E-state index contributed by atoms with van der Waals surface area (Å²) in [6.07, 6.45) is 1.61. The first-order valence-corrected chi connectivity index (χ1v) is 5.27. The molecule has 102 valence electrons. The number of hydrogen-bond donors (Lipinski definition) is 1. The van der Waals surface area contributed by atoms with Crippen LogP contribution in [0.5, 0.6) is 5.88 Å². The van der Waals surface area contributed by atoms with E-state index >= 15 is 0 Å². The van der Waals surface area contributed by atoms with E-state index in [9.17, 15) is 4.79 Å². The molecule has 0 radical (unpaired) electrons. The summed E-state index contributed by atoms with van der Waals surface area (Å²) in [5.41, 5.74) is 6.02. The second-order valence-electron chi connectivity index (χ2n) is 4.32. The molecule has 1 atom stereocenters. The molecule has 0 saturated carbocycles. The first-order valence-electron chi connectivity index (χ1n) is 5.27. The molecule has 6 heteroatoms. The van der Waals surface area contributed by atoms with Crippen LogP contribution in [0.15, 0.2) is 18.3 Å². The van der Waals surface area contributed by atoms with Gasteiger partial charge in [0.15, 0.2) is 0 Å². The van der Waals surface area contributed by atoms with Crippen LogP contribution in [0, 0.1) is 5.41 Å². The lowest BCUT2D eigenvalue weighted by atomic mass is 9.81. The van der Waals surface area contributed by atoms with Crippen LogP contribution in [-0.4, -0.2) is 25.2 Å². The number of nitrogens with two attached hydrogens (primary N) is 1. The zero-order chi connectivity index (χ0) is 13.1. The Hall–Kier alpha value is -1.33.